The van der Waals surface area contributed by atoms with Crippen molar-refractivity contribution >= 4 is 0 Å². The van der Waals surface area contributed by atoms with E-state index in [0.29, 0.717) is 5.56 Å². The minimum absolute atomic E-state index is 0.241. The van der Waals surface area contributed by atoms with Gasteiger partial charge in [-0.2, -0.15) is 4.39 Å². The molecule has 0 aliphatic rings. The van der Waals surface area contributed by atoms with Gasteiger partial charge in [0.2, 0.25) is 5.95 Å². The topological polar surface area (TPSA) is 65.4 Å². The number of hydrogen-bond donors (Lipinski definition) is 3. The summed E-state index contributed by atoms with van der Waals surface area (Å²) in [6.45, 7) is 1.76. The van der Waals surface area contributed by atoms with Crippen molar-refractivity contribution in [2.75, 3.05) is 13.6 Å². The van der Waals surface area contributed by atoms with E-state index in [1.165, 1.54) is 19.2 Å². The summed E-state index contributed by atoms with van der Waals surface area (Å²) in [6.07, 6.45) is -0.794. The van der Waals surface area contributed by atoms with Crippen LogP contribution in [-0.4, -0.2) is 34.9 Å². The van der Waals surface area contributed by atoms with Gasteiger partial charge in [0.1, 0.15) is 6.10 Å². The van der Waals surface area contributed by atoms with Crippen LogP contribution >= 0.6 is 0 Å². The van der Waals surface area contributed by atoms with Crippen LogP contribution in [0.3, 0.4) is 0 Å². The van der Waals surface area contributed by atoms with Crippen molar-refractivity contribution in [3.8, 4) is 0 Å². The molecular formula is C10H15FN2O2. The molecule has 0 spiro atoms. The molecule has 84 valence electrons. The summed E-state index contributed by atoms with van der Waals surface area (Å²) >= 11 is 0. The zero-order chi connectivity index (χ0) is 11.4. The second-order valence-corrected chi connectivity index (χ2v) is 3.39. The molecule has 0 fully saturated rings. The number of aliphatic hydroxyl groups is 2. The Morgan fingerprint density at radius 3 is 2.80 bits per heavy atom. The minimum Gasteiger partial charge on any atom is -0.389 e. The van der Waals surface area contributed by atoms with Crippen LogP contribution < -0.4 is 5.32 Å². The molecule has 1 aromatic rings. The second-order valence-electron chi connectivity index (χ2n) is 3.39. The number of aromatic nitrogens is 1. The first kappa shape index (κ1) is 12.0. The van der Waals surface area contributed by atoms with Crippen LogP contribution in [0.4, 0.5) is 4.39 Å². The van der Waals surface area contributed by atoms with Crippen molar-refractivity contribution in [1.82, 2.24) is 10.3 Å². The Morgan fingerprint density at radius 2 is 2.20 bits per heavy atom. The highest BCUT2D eigenvalue weighted by atomic mass is 19.1. The van der Waals surface area contributed by atoms with Gasteiger partial charge in [-0.1, -0.05) is 0 Å². The average molecular weight is 214 g/mol. The Bertz CT molecular complexity index is 333. The van der Waals surface area contributed by atoms with Gasteiger partial charge in [0.05, 0.1) is 6.10 Å². The van der Waals surface area contributed by atoms with Crippen LogP contribution in [0.2, 0.25) is 0 Å². The number of pyridine rings is 1. The van der Waals surface area contributed by atoms with Gasteiger partial charge in [0.15, 0.2) is 0 Å². The van der Waals surface area contributed by atoms with E-state index in [2.05, 4.69) is 10.3 Å². The monoisotopic (exact) mass is 214 g/mol. The molecule has 4 nitrogen and oxygen atoms in total. The highest BCUT2D eigenvalue weighted by Gasteiger charge is 2.20. The summed E-state index contributed by atoms with van der Waals surface area (Å²) in [5.41, 5.74) is 0.630. The Hall–Kier alpha value is -1.04. The van der Waals surface area contributed by atoms with Crippen molar-refractivity contribution in [1.29, 1.82) is 0 Å². The number of aliphatic hydroxyl groups excluding tert-OH is 2. The van der Waals surface area contributed by atoms with Gasteiger partial charge in [0.25, 0.3) is 0 Å². The molecule has 15 heavy (non-hydrogen) atoms. The van der Waals surface area contributed by atoms with Crippen LogP contribution in [-0.2, 0) is 0 Å². The number of hydrogen-bond acceptors (Lipinski definition) is 4. The molecule has 0 saturated carbocycles. The molecule has 0 bridgehead atoms. The SMILES string of the molecule is CNCC(O)C(O)c1ccnc(F)c1C. The Kier molecular flexibility index (Phi) is 4.14. The molecule has 1 rings (SSSR count). The van der Waals surface area contributed by atoms with E-state index in [1.54, 1.807) is 7.05 Å². The average Bonchev–Trinajstić information content (AvgIpc) is 2.21. The lowest BCUT2D eigenvalue weighted by atomic mass is 10.0. The van der Waals surface area contributed by atoms with Gasteiger partial charge in [0, 0.05) is 18.3 Å². The third kappa shape index (κ3) is 2.71. The van der Waals surface area contributed by atoms with Crippen LogP contribution in [0.25, 0.3) is 0 Å². The first-order valence-electron chi connectivity index (χ1n) is 4.69. The molecule has 0 aliphatic carbocycles. The predicted molar refractivity (Wildman–Crippen MR) is 53.8 cm³/mol. The van der Waals surface area contributed by atoms with E-state index < -0.39 is 18.2 Å². The van der Waals surface area contributed by atoms with Crippen LogP contribution in [0, 0.1) is 12.9 Å². The van der Waals surface area contributed by atoms with Crippen molar-refractivity contribution in [3.05, 3.63) is 29.3 Å². The minimum atomic E-state index is -1.10. The van der Waals surface area contributed by atoms with E-state index in [0.717, 1.165) is 0 Å². The normalized spacial score (nSPS) is 15.0. The number of halogens is 1. The maximum atomic E-state index is 13.1. The maximum Gasteiger partial charge on any atom is 0.216 e. The largest absolute Gasteiger partial charge is 0.389 e. The number of nitrogens with zero attached hydrogens (tertiary/aromatic N) is 1. The maximum absolute atomic E-state index is 13.1. The summed E-state index contributed by atoms with van der Waals surface area (Å²) in [7, 11) is 1.66. The standard InChI is InChI=1S/C10H15FN2O2/c1-6-7(3-4-13-10(6)11)9(15)8(14)5-12-2/h3-4,8-9,12,14-15H,5H2,1-2H3. The van der Waals surface area contributed by atoms with Gasteiger partial charge in [-0.05, 0) is 25.6 Å². The Labute approximate surface area is 87.8 Å². The van der Waals surface area contributed by atoms with E-state index >= 15 is 0 Å². The molecule has 3 N–H and O–H groups in total. The highest BCUT2D eigenvalue weighted by molar-refractivity contribution is 5.26. The fourth-order valence-electron chi connectivity index (χ4n) is 1.37. The summed E-state index contributed by atoms with van der Waals surface area (Å²) in [6, 6.07) is 1.50. The van der Waals surface area contributed by atoms with E-state index in [9.17, 15) is 14.6 Å². The first-order valence-corrected chi connectivity index (χ1v) is 4.69. The smallest absolute Gasteiger partial charge is 0.216 e. The molecule has 0 saturated heterocycles. The molecule has 1 heterocycles. The number of rotatable bonds is 4. The first-order chi connectivity index (χ1) is 7.07. The second kappa shape index (κ2) is 5.16. The fourth-order valence-corrected chi connectivity index (χ4v) is 1.37. The molecule has 2 atom stereocenters. The highest BCUT2D eigenvalue weighted by Crippen LogP contribution is 2.21. The van der Waals surface area contributed by atoms with Crippen molar-refractivity contribution in [2.45, 2.75) is 19.1 Å². The lowest BCUT2D eigenvalue weighted by Gasteiger charge is -2.19. The van der Waals surface area contributed by atoms with E-state index in [1.807, 2.05) is 0 Å². The lowest BCUT2D eigenvalue weighted by Crippen LogP contribution is -2.30. The van der Waals surface area contributed by atoms with Gasteiger partial charge < -0.3 is 15.5 Å². The van der Waals surface area contributed by atoms with Crippen molar-refractivity contribution in [2.24, 2.45) is 0 Å². The third-order valence-corrected chi connectivity index (χ3v) is 2.28. The third-order valence-electron chi connectivity index (χ3n) is 2.28. The van der Waals surface area contributed by atoms with Crippen LogP contribution in [0.1, 0.15) is 17.2 Å². The Balaban J connectivity index is 2.90. The molecule has 0 amide bonds. The number of nitrogens with one attached hydrogen (secondary N) is 1. The summed E-state index contributed by atoms with van der Waals surface area (Å²) < 4.78 is 13.1. The summed E-state index contributed by atoms with van der Waals surface area (Å²) in [4.78, 5) is 3.45. The number of likely N-dealkylation sites (N-methyl/N-ethyl adjacent to an activating group) is 1. The molecular weight excluding hydrogens is 199 g/mol. The molecule has 2 unspecified atom stereocenters. The quantitative estimate of drug-likeness (QED) is 0.624. The van der Waals surface area contributed by atoms with E-state index in [4.69, 9.17) is 0 Å². The predicted octanol–water partition coefficient (Wildman–Crippen LogP) is 0.143. The molecule has 0 aliphatic heterocycles. The zero-order valence-electron chi connectivity index (χ0n) is 8.74. The van der Waals surface area contributed by atoms with Gasteiger partial charge in [-0.15, -0.1) is 0 Å². The van der Waals surface area contributed by atoms with Crippen molar-refractivity contribution in [3.63, 3.8) is 0 Å². The van der Waals surface area contributed by atoms with E-state index in [-0.39, 0.29) is 12.1 Å². The summed E-state index contributed by atoms with van der Waals surface area (Å²) in [5, 5.41) is 22.0. The van der Waals surface area contributed by atoms with Gasteiger partial charge in [-0.3, -0.25) is 0 Å². The van der Waals surface area contributed by atoms with Gasteiger partial charge >= 0.3 is 0 Å². The van der Waals surface area contributed by atoms with Crippen LogP contribution in [0.5, 0.6) is 0 Å². The molecule has 0 radical (unpaired) electrons. The fraction of sp³-hybridized carbons (Fsp3) is 0.500. The van der Waals surface area contributed by atoms with Crippen LogP contribution in [0.15, 0.2) is 12.3 Å². The zero-order valence-corrected chi connectivity index (χ0v) is 8.74. The lowest BCUT2D eigenvalue weighted by molar-refractivity contribution is 0.0196. The van der Waals surface area contributed by atoms with Gasteiger partial charge in [-0.25, -0.2) is 4.98 Å². The summed E-state index contributed by atoms with van der Waals surface area (Å²) in [5.74, 6) is -0.622. The molecule has 0 aromatic carbocycles. The molecule has 5 heteroatoms. The Morgan fingerprint density at radius 1 is 1.53 bits per heavy atom. The van der Waals surface area contributed by atoms with Crippen molar-refractivity contribution < 1.29 is 14.6 Å². The molecule has 1 aromatic heterocycles.